The second-order valence-electron chi connectivity index (χ2n) is 7.63. The second-order valence-corrected chi connectivity index (χ2v) is 8.62. The first-order chi connectivity index (χ1) is 14.0. The number of rotatable bonds is 6. The Morgan fingerprint density at radius 2 is 1.83 bits per heavy atom. The quantitative estimate of drug-likeness (QED) is 0.662. The molecule has 0 aromatic heterocycles. The zero-order chi connectivity index (χ0) is 20.4. The number of ether oxygens (including phenoxy) is 1. The standard InChI is InChI=1S/C24H25NO3S/c1-16-10-11-19(13-17(16)2)21-22(29-15-18-7-4-3-5-8-18)24(27)25(23(21)26)14-20-9-6-12-28-20/h3-5,7-8,10-11,13,20H,6,9,12,14-15H2,1-2H3. The lowest BCUT2D eigenvalue weighted by Crippen LogP contribution is -2.37. The van der Waals surface area contributed by atoms with E-state index >= 15 is 0 Å². The van der Waals surface area contributed by atoms with Crippen molar-refractivity contribution in [3.05, 3.63) is 75.7 Å². The van der Waals surface area contributed by atoms with E-state index in [2.05, 4.69) is 0 Å². The average molecular weight is 408 g/mol. The highest BCUT2D eigenvalue weighted by atomic mass is 32.2. The van der Waals surface area contributed by atoms with Crippen LogP contribution in [-0.4, -0.2) is 36.0 Å². The average Bonchev–Trinajstić information content (AvgIpc) is 3.32. The van der Waals surface area contributed by atoms with Crippen LogP contribution >= 0.6 is 11.8 Å². The Labute approximate surface area is 175 Å². The number of imide groups is 1. The summed E-state index contributed by atoms with van der Waals surface area (Å²) in [6.07, 6.45) is 1.82. The zero-order valence-electron chi connectivity index (χ0n) is 16.8. The molecular weight excluding hydrogens is 382 g/mol. The van der Waals surface area contributed by atoms with Crippen molar-refractivity contribution < 1.29 is 14.3 Å². The van der Waals surface area contributed by atoms with Gasteiger partial charge in [-0.1, -0.05) is 48.5 Å². The molecule has 0 spiro atoms. The maximum Gasteiger partial charge on any atom is 0.268 e. The summed E-state index contributed by atoms with van der Waals surface area (Å²) in [5.74, 6) is 0.251. The summed E-state index contributed by atoms with van der Waals surface area (Å²) in [4.78, 5) is 28.5. The molecule has 1 unspecified atom stereocenters. The topological polar surface area (TPSA) is 46.6 Å². The van der Waals surface area contributed by atoms with Crippen LogP contribution in [0.5, 0.6) is 0 Å². The van der Waals surface area contributed by atoms with Gasteiger partial charge in [0, 0.05) is 12.4 Å². The predicted octanol–water partition coefficient (Wildman–Crippen LogP) is 4.50. The van der Waals surface area contributed by atoms with Gasteiger partial charge in [-0.15, -0.1) is 11.8 Å². The van der Waals surface area contributed by atoms with Gasteiger partial charge >= 0.3 is 0 Å². The number of hydrogen-bond donors (Lipinski definition) is 0. The maximum atomic E-state index is 13.3. The number of carbonyl (C=O) groups excluding carboxylic acids is 2. The van der Waals surface area contributed by atoms with Crippen molar-refractivity contribution in [3.63, 3.8) is 0 Å². The van der Waals surface area contributed by atoms with Gasteiger partial charge in [0.15, 0.2) is 0 Å². The van der Waals surface area contributed by atoms with Crippen LogP contribution in [0.2, 0.25) is 0 Å². The third-order valence-corrected chi connectivity index (χ3v) is 6.70. The third-order valence-electron chi connectivity index (χ3n) is 5.56. The predicted molar refractivity (Wildman–Crippen MR) is 116 cm³/mol. The van der Waals surface area contributed by atoms with Crippen LogP contribution in [0, 0.1) is 13.8 Å². The highest BCUT2D eigenvalue weighted by Gasteiger charge is 2.40. The summed E-state index contributed by atoms with van der Waals surface area (Å²) in [7, 11) is 0. The van der Waals surface area contributed by atoms with E-state index in [1.54, 1.807) is 0 Å². The molecule has 2 aromatic carbocycles. The lowest BCUT2D eigenvalue weighted by Gasteiger charge is -2.19. The Morgan fingerprint density at radius 3 is 2.52 bits per heavy atom. The highest BCUT2D eigenvalue weighted by Crippen LogP contribution is 2.38. The molecular formula is C24H25NO3S. The molecule has 2 amide bonds. The van der Waals surface area contributed by atoms with Gasteiger partial charge in [0.1, 0.15) is 0 Å². The second kappa shape index (κ2) is 8.56. The Balaban J connectivity index is 1.66. The Bertz CT molecular complexity index is 961. The van der Waals surface area contributed by atoms with E-state index in [9.17, 15) is 9.59 Å². The van der Waals surface area contributed by atoms with Crippen molar-refractivity contribution in [2.75, 3.05) is 13.2 Å². The van der Waals surface area contributed by atoms with Crippen molar-refractivity contribution in [2.45, 2.75) is 38.5 Å². The molecule has 2 heterocycles. The largest absolute Gasteiger partial charge is 0.376 e. The van der Waals surface area contributed by atoms with E-state index in [1.807, 2.05) is 62.4 Å². The molecule has 29 heavy (non-hydrogen) atoms. The van der Waals surface area contributed by atoms with Crippen LogP contribution in [0.25, 0.3) is 5.57 Å². The molecule has 0 N–H and O–H groups in total. The smallest absolute Gasteiger partial charge is 0.268 e. The minimum Gasteiger partial charge on any atom is -0.376 e. The molecule has 0 bridgehead atoms. The summed E-state index contributed by atoms with van der Waals surface area (Å²) in [6.45, 7) is 5.11. The van der Waals surface area contributed by atoms with Gasteiger partial charge < -0.3 is 4.74 Å². The molecule has 2 aliphatic heterocycles. The van der Waals surface area contributed by atoms with Crippen LogP contribution in [0.1, 0.15) is 35.1 Å². The van der Waals surface area contributed by atoms with Gasteiger partial charge in [-0.05, 0) is 48.9 Å². The van der Waals surface area contributed by atoms with E-state index in [1.165, 1.54) is 22.2 Å². The number of amides is 2. The number of carbonyl (C=O) groups is 2. The Morgan fingerprint density at radius 1 is 1.03 bits per heavy atom. The van der Waals surface area contributed by atoms with Gasteiger partial charge in [-0.3, -0.25) is 14.5 Å². The number of nitrogens with zero attached hydrogens (tertiary/aromatic N) is 1. The van der Waals surface area contributed by atoms with E-state index in [4.69, 9.17) is 4.74 Å². The summed E-state index contributed by atoms with van der Waals surface area (Å²) in [5.41, 5.74) is 4.75. The number of benzene rings is 2. The lowest BCUT2D eigenvalue weighted by atomic mass is 10.0. The van der Waals surface area contributed by atoms with E-state index in [0.717, 1.165) is 29.5 Å². The first-order valence-electron chi connectivity index (χ1n) is 10.0. The highest BCUT2D eigenvalue weighted by molar-refractivity contribution is 8.03. The van der Waals surface area contributed by atoms with Crippen LogP contribution in [0.4, 0.5) is 0 Å². The number of aryl methyl sites for hydroxylation is 2. The van der Waals surface area contributed by atoms with Crippen LogP contribution in [0.15, 0.2) is 53.4 Å². The van der Waals surface area contributed by atoms with E-state index < -0.39 is 0 Å². The summed E-state index contributed by atoms with van der Waals surface area (Å²) >= 11 is 1.45. The third kappa shape index (κ3) is 4.16. The monoisotopic (exact) mass is 407 g/mol. The van der Waals surface area contributed by atoms with E-state index in [-0.39, 0.29) is 17.9 Å². The number of hydrogen-bond acceptors (Lipinski definition) is 4. The van der Waals surface area contributed by atoms with Crippen molar-refractivity contribution in [1.82, 2.24) is 4.90 Å². The van der Waals surface area contributed by atoms with E-state index in [0.29, 0.717) is 29.4 Å². The molecule has 4 nitrogen and oxygen atoms in total. The molecule has 0 aliphatic carbocycles. The van der Waals surface area contributed by atoms with Crippen molar-refractivity contribution in [3.8, 4) is 0 Å². The molecule has 2 aromatic rings. The van der Waals surface area contributed by atoms with Gasteiger partial charge in [-0.25, -0.2) is 0 Å². The van der Waals surface area contributed by atoms with Gasteiger partial charge in [-0.2, -0.15) is 0 Å². The molecule has 1 fully saturated rings. The van der Waals surface area contributed by atoms with Gasteiger partial charge in [0.2, 0.25) is 0 Å². The van der Waals surface area contributed by atoms with Gasteiger partial charge in [0.05, 0.1) is 23.1 Å². The maximum absolute atomic E-state index is 13.3. The first kappa shape index (κ1) is 19.9. The summed E-state index contributed by atoms with van der Waals surface area (Å²) < 4.78 is 5.68. The Kier molecular flexibility index (Phi) is 5.88. The van der Waals surface area contributed by atoms with Crippen molar-refractivity contribution in [2.24, 2.45) is 0 Å². The molecule has 0 saturated carbocycles. The molecule has 5 heteroatoms. The number of thioether (sulfide) groups is 1. The summed E-state index contributed by atoms with van der Waals surface area (Å²) in [6, 6.07) is 16.0. The van der Waals surface area contributed by atoms with Crippen LogP contribution < -0.4 is 0 Å². The molecule has 2 aliphatic rings. The minimum atomic E-state index is -0.204. The normalized spacial score (nSPS) is 19.5. The fraction of sp³-hybridized carbons (Fsp3) is 0.333. The minimum absolute atomic E-state index is 0.0534. The molecule has 0 radical (unpaired) electrons. The molecule has 1 saturated heterocycles. The van der Waals surface area contributed by atoms with Gasteiger partial charge in [0.25, 0.3) is 11.8 Å². The fourth-order valence-electron chi connectivity index (χ4n) is 3.73. The molecule has 150 valence electrons. The lowest BCUT2D eigenvalue weighted by molar-refractivity contribution is -0.138. The SMILES string of the molecule is Cc1ccc(C2=C(SCc3ccccc3)C(=O)N(CC3CCCO3)C2=O)cc1C. The Hall–Kier alpha value is -2.37. The van der Waals surface area contributed by atoms with Crippen molar-refractivity contribution >= 4 is 29.1 Å². The van der Waals surface area contributed by atoms with Crippen molar-refractivity contribution in [1.29, 1.82) is 0 Å². The van der Waals surface area contributed by atoms with Crippen LogP contribution in [-0.2, 0) is 20.1 Å². The first-order valence-corrected chi connectivity index (χ1v) is 11.0. The molecule has 1 atom stereocenters. The van der Waals surface area contributed by atoms with Crippen LogP contribution in [0.3, 0.4) is 0 Å². The fourth-order valence-corrected chi connectivity index (χ4v) is 4.81. The molecule has 4 rings (SSSR count). The zero-order valence-corrected chi connectivity index (χ0v) is 17.6. The summed E-state index contributed by atoms with van der Waals surface area (Å²) in [5, 5.41) is 0.